The van der Waals surface area contributed by atoms with E-state index in [9.17, 15) is 13.2 Å². The summed E-state index contributed by atoms with van der Waals surface area (Å²) in [6, 6.07) is -0.0430. The van der Waals surface area contributed by atoms with Crippen LogP contribution in [-0.4, -0.2) is 11.5 Å². The first-order valence-electron chi connectivity index (χ1n) is 5.66. The quantitative estimate of drug-likeness (QED) is 0.875. The summed E-state index contributed by atoms with van der Waals surface area (Å²) in [5.74, 6) is 0.288. The van der Waals surface area contributed by atoms with Crippen molar-refractivity contribution in [2.24, 2.45) is 5.92 Å². The molecule has 0 bridgehead atoms. The number of hydrogen-bond donors (Lipinski definition) is 1. The summed E-state index contributed by atoms with van der Waals surface area (Å²) in [5, 5.41) is 2.45. The fourth-order valence-electron chi connectivity index (χ4n) is 1.60. The Morgan fingerprint density at radius 1 is 1.41 bits per heavy atom. The van der Waals surface area contributed by atoms with Crippen molar-refractivity contribution in [1.29, 1.82) is 0 Å². The van der Waals surface area contributed by atoms with Gasteiger partial charge in [0.1, 0.15) is 0 Å². The number of nitrogens with zero attached hydrogens (tertiary/aromatic N) is 1. The summed E-state index contributed by atoms with van der Waals surface area (Å²) >= 11 is 0.733. The van der Waals surface area contributed by atoms with Crippen LogP contribution in [0.25, 0.3) is 0 Å². The van der Waals surface area contributed by atoms with Crippen molar-refractivity contribution < 1.29 is 13.2 Å². The molecule has 2 nitrogen and oxygen atoms in total. The Bertz CT molecular complexity index is 349. The third kappa shape index (κ3) is 3.67. The first kappa shape index (κ1) is 14.4. The van der Waals surface area contributed by atoms with E-state index < -0.39 is 11.2 Å². The molecule has 1 aromatic heterocycles. The molecule has 0 spiro atoms. The third-order valence-electron chi connectivity index (χ3n) is 2.71. The molecule has 0 aliphatic carbocycles. The van der Waals surface area contributed by atoms with Crippen LogP contribution < -0.4 is 5.32 Å². The van der Waals surface area contributed by atoms with Crippen LogP contribution in [0.2, 0.25) is 0 Å². The van der Waals surface area contributed by atoms with Gasteiger partial charge >= 0.3 is 6.18 Å². The molecule has 0 amide bonds. The van der Waals surface area contributed by atoms with Crippen LogP contribution >= 0.6 is 11.3 Å². The maximum Gasteiger partial charge on any atom is 0.443 e. The van der Waals surface area contributed by atoms with Gasteiger partial charge in [-0.1, -0.05) is 27.2 Å². The van der Waals surface area contributed by atoms with Crippen LogP contribution in [0.5, 0.6) is 0 Å². The molecule has 98 valence electrons. The summed E-state index contributed by atoms with van der Waals surface area (Å²) in [5.41, 5.74) is 0. The topological polar surface area (TPSA) is 24.9 Å². The number of alkyl halides is 3. The standard InChI is InChI=1S/C11H17F3N2S/c1-4-7(3)9(15-5-2)8-6-16-10(17-8)11(12,13)14/h6-7,9,15H,4-5H2,1-3H3. The van der Waals surface area contributed by atoms with Crippen LogP contribution in [0, 0.1) is 5.92 Å². The highest BCUT2D eigenvalue weighted by atomic mass is 32.1. The minimum Gasteiger partial charge on any atom is -0.309 e. The Morgan fingerprint density at radius 3 is 2.47 bits per heavy atom. The lowest BCUT2D eigenvalue weighted by Gasteiger charge is -2.22. The Kier molecular flexibility index (Phi) is 4.94. The maximum atomic E-state index is 12.5. The normalized spacial score (nSPS) is 15.9. The predicted octanol–water partition coefficient (Wildman–Crippen LogP) is 3.86. The summed E-state index contributed by atoms with van der Waals surface area (Å²) in [6.45, 7) is 6.73. The van der Waals surface area contributed by atoms with Crippen LogP contribution in [0.4, 0.5) is 13.2 Å². The molecule has 0 fully saturated rings. The molecule has 6 heteroatoms. The molecule has 1 heterocycles. The number of hydrogen-bond acceptors (Lipinski definition) is 3. The average molecular weight is 266 g/mol. The van der Waals surface area contributed by atoms with Gasteiger partial charge in [-0.2, -0.15) is 13.2 Å². The van der Waals surface area contributed by atoms with Gasteiger partial charge in [0.15, 0.2) is 5.01 Å². The van der Waals surface area contributed by atoms with Crippen LogP contribution in [0.15, 0.2) is 6.20 Å². The smallest absolute Gasteiger partial charge is 0.309 e. The lowest BCUT2D eigenvalue weighted by Crippen LogP contribution is -2.25. The number of nitrogens with one attached hydrogen (secondary N) is 1. The highest BCUT2D eigenvalue weighted by Crippen LogP contribution is 2.36. The number of halogens is 3. The van der Waals surface area contributed by atoms with Crippen LogP contribution in [-0.2, 0) is 6.18 Å². The van der Waals surface area contributed by atoms with Crippen molar-refractivity contribution in [3.63, 3.8) is 0 Å². The molecule has 0 aliphatic heterocycles. The van der Waals surface area contributed by atoms with E-state index in [2.05, 4.69) is 10.3 Å². The van der Waals surface area contributed by atoms with Crippen molar-refractivity contribution >= 4 is 11.3 Å². The van der Waals surface area contributed by atoms with Gasteiger partial charge in [-0.05, 0) is 12.5 Å². The molecule has 1 rings (SSSR count). The fourth-order valence-corrected chi connectivity index (χ4v) is 2.59. The molecule has 2 unspecified atom stereocenters. The number of aromatic nitrogens is 1. The lowest BCUT2D eigenvalue weighted by molar-refractivity contribution is -0.137. The van der Waals surface area contributed by atoms with E-state index in [0.717, 1.165) is 24.3 Å². The first-order valence-corrected chi connectivity index (χ1v) is 6.48. The van der Waals surface area contributed by atoms with Crippen molar-refractivity contribution in [2.75, 3.05) is 6.54 Å². The van der Waals surface area contributed by atoms with Gasteiger partial charge in [0.25, 0.3) is 0 Å². The second-order valence-electron chi connectivity index (χ2n) is 3.99. The van der Waals surface area contributed by atoms with Crippen molar-refractivity contribution in [1.82, 2.24) is 10.3 Å². The summed E-state index contributed by atoms with van der Waals surface area (Å²) in [7, 11) is 0. The Hall–Kier alpha value is -0.620. The van der Waals surface area contributed by atoms with Gasteiger partial charge in [0, 0.05) is 17.1 Å². The van der Waals surface area contributed by atoms with Gasteiger partial charge in [-0.3, -0.25) is 0 Å². The lowest BCUT2D eigenvalue weighted by atomic mass is 9.98. The molecule has 1 N–H and O–H groups in total. The van der Waals surface area contributed by atoms with Gasteiger partial charge in [-0.15, -0.1) is 11.3 Å². The van der Waals surface area contributed by atoms with Gasteiger partial charge in [0.05, 0.1) is 0 Å². The molecular weight excluding hydrogens is 249 g/mol. The summed E-state index contributed by atoms with van der Waals surface area (Å²) < 4.78 is 37.4. The highest BCUT2D eigenvalue weighted by molar-refractivity contribution is 7.11. The largest absolute Gasteiger partial charge is 0.443 e. The van der Waals surface area contributed by atoms with Gasteiger partial charge < -0.3 is 5.32 Å². The minimum absolute atomic E-state index is 0.0430. The van der Waals surface area contributed by atoms with E-state index in [1.807, 2.05) is 20.8 Å². The van der Waals surface area contributed by atoms with Crippen LogP contribution in [0.1, 0.15) is 43.1 Å². The van der Waals surface area contributed by atoms with Crippen LogP contribution in [0.3, 0.4) is 0 Å². The summed E-state index contributed by atoms with van der Waals surface area (Å²) in [6.07, 6.45) is -2.08. The molecule has 17 heavy (non-hydrogen) atoms. The van der Waals surface area contributed by atoms with Crippen molar-refractivity contribution in [2.45, 2.75) is 39.4 Å². The Labute approximate surface area is 103 Å². The molecule has 1 aromatic rings. The van der Waals surface area contributed by atoms with E-state index in [4.69, 9.17) is 0 Å². The Morgan fingerprint density at radius 2 is 2.06 bits per heavy atom. The molecule has 2 atom stereocenters. The zero-order valence-corrected chi connectivity index (χ0v) is 11.0. The zero-order chi connectivity index (χ0) is 13.1. The SMILES string of the molecule is CCNC(c1cnc(C(F)(F)F)s1)C(C)CC. The van der Waals surface area contributed by atoms with Crippen molar-refractivity contribution in [3.8, 4) is 0 Å². The van der Waals surface area contributed by atoms with E-state index in [0.29, 0.717) is 4.88 Å². The fraction of sp³-hybridized carbons (Fsp3) is 0.727. The van der Waals surface area contributed by atoms with E-state index in [-0.39, 0.29) is 12.0 Å². The molecule has 0 aliphatic rings. The van der Waals surface area contributed by atoms with Gasteiger partial charge in [0.2, 0.25) is 0 Å². The van der Waals surface area contributed by atoms with Gasteiger partial charge in [-0.25, -0.2) is 4.98 Å². The van der Waals surface area contributed by atoms with E-state index in [1.54, 1.807) is 0 Å². The molecule has 0 aromatic carbocycles. The molecule has 0 radical (unpaired) electrons. The van der Waals surface area contributed by atoms with E-state index >= 15 is 0 Å². The van der Waals surface area contributed by atoms with E-state index in [1.165, 1.54) is 6.20 Å². The first-order chi connectivity index (χ1) is 7.90. The average Bonchev–Trinajstić information content (AvgIpc) is 2.73. The minimum atomic E-state index is -4.34. The second kappa shape index (κ2) is 5.82. The third-order valence-corrected chi connectivity index (χ3v) is 3.83. The zero-order valence-electron chi connectivity index (χ0n) is 10.1. The number of thiazole rings is 1. The molecule has 0 saturated heterocycles. The highest BCUT2D eigenvalue weighted by Gasteiger charge is 2.35. The molecule has 0 saturated carbocycles. The predicted molar refractivity (Wildman–Crippen MR) is 63.0 cm³/mol. The Balaban J connectivity index is 2.92. The maximum absolute atomic E-state index is 12.5. The monoisotopic (exact) mass is 266 g/mol. The number of rotatable bonds is 5. The summed E-state index contributed by atoms with van der Waals surface area (Å²) in [4.78, 5) is 4.12. The second-order valence-corrected chi connectivity index (χ2v) is 5.05. The van der Waals surface area contributed by atoms with Crippen molar-refractivity contribution in [3.05, 3.63) is 16.1 Å². The molecular formula is C11H17F3N2S.